The summed E-state index contributed by atoms with van der Waals surface area (Å²) in [5.41, 5.74) is 4.51. The highest BCUT2D eigenvalue weighted by Crippen LogP contribution is 2.43. The first-order chi connectivity index (χ1) is 17.2. The molecule has 0 atom stereocenters. The lowest BCUT2D eigenvalue weighted by Crippen LogP contribution is -2.30. The Hall–Kier alpha value is -3.45. The zero-order chi connectivity index (χ0) is 24.2. The number of amides is 1. The van der Waals surface area contributed by atoms with E-state index >= 15 is 0 Å². The number of fused-ring (bicyclic) bond motifs is 2. The lowest BCUT2D eigenvalue weighted by atomic mass is 10.1. The van der Waals surface area contributed by atoms with E-state index < -0.39 is 0 Å². The van der Waals surface area contributed by atoms with E-state index in [1.54, 1.807) is 18.1 Å². The van der Waals surface area contributed by atoms with Gasteiger partial charge >= 0.3 is 0 Å². The lowest BCUT2D eigenvalue weighted by Gasteiger charge is -2.31. The van der Waals surface area contributed by atoms with Crippen LogP contribution in [-0.2, 0) is 11.2 Å². The van der Waals surface area contributed by atoms with Crippen LogP contribution in [0.4, 0.5) is 28.8 Å². The van der Waals surface area contributed by atoms with Crippen molar-refractivity contribution >= 4 is 34.7 Å². The van der Waals surface area contributed by atoms with Crippen LogP contribution in [-0.4, -0.2) is 42.2 Å². The Morgan fingerprint density at radius 2 is 1.80 bits per heavy atom. The number of nitrogens with one attached hydrogen (secondary N) is 1. The topological polar surface area (TPSA) is 70.6 Å². The highest BCUT2D eigenvalue weighted by atomic mass is 16.5. The lowest BCUT2D eigenvalue weighted by molar-refractivity contribution is 0.0994. The second-order valence-electron chi connectivity index (χ2n) is 9.28. The second-order valence-corrected chi connectivity index (χ2v) is 9.28. The molecule has 5 rings (SSSR count). The molecule has 2 aliphatic rings. The summed E-state index contributed by atoms with van der Waals surface area (Å²) in [5.74, 6) is 1.26. The molecule has 182 valence electrons. The average Bonchev–Trinajstić information content (AvgIpc) is 3.39. The van der Waals surface area contributed by atoms with Gasteiger partial charge in [0.25, 0.3) is 5.91 Å². The van der Waals surface area contributed by atoms with E-state index in [-0.39, 0.29) is 5.91 Å². The maximum atomic E-state index is 13.3. The smallest absolute Gasteiger partial charge is 0.260 e. The van der Waals surface area contributed by atoms with Crippen LogP contribution in [0.15, 0.2) is 54.7 Å². The highest BCUT2D eigenvalue weighted by molar-refractivity contribution is 6.13. The number of benzene rings is 2. The predicted octanol–water partition coefficient (Wildman–Crippen LogP) is 5.86. The van der Waals surface area contributed by atoms with Crippen LogP contribution < -0.4 is 15.1 Å². The molecule has 0 bridgehead atoms. The molecule has 1 N–H and O–H groups in total. The van der Waals surface area contributed by atoms with E-state index in [4.69, 9.17) is 9.72 Å². The Balaban J connectivity index is 1.44. The molecule has 7 nitrogen and oxygen atoms in total. The number of aromatic nitrogens is 2. The van der Waals surface area contributed by atoms with Crippen molar-refractivity contribution in [1.82, 2.24) is 9.97 Å². The van der Waals surface area contributed by atoms with Gasteiger partial charge in [-0.1, -0.05) is 44.0 Å². The number of nitrogens with zero attached hydrogens (tertiary/aromatic N) is 4. The Bertz CT molecular complexity index is 1170. The van der Waals surface area contributed by atoms with Crippen molar-refractivity contribution in [2.24, 2.45) is 0 Å². The van der Waals surface area contributed by atoms with Gasteiger partial charge in [-0.3, -0.25) is 4.79 Å². The third-order valence-electron chi connectivity index (χ3n) is 6.82. The number of carbonyl (C=O) groups is 1. The standard InChI is InChI=1S/C28H33N5O2/c1-3-17-35-18-16-20-12-14-21(15-13-20)30-28-29-19-25-26(31-28)33(22-8-4-5-9-22)24-11-7-6-10-23(24)27(34)32(25)2/h6-7,10-15,19,22H,3-5,8-9,16-18H2,1-2H3,(H,29,30,31). The van der Waals surface area contributed by atoms with E-state index in [1.165, 1.54) is 18.4 Å². The number of anilines is 5. The summed E-state index contributed by atoms with van der Waals surface area (Å²) in [4.78, 5) is 26.8. The first-order valence-electron chi connectivity index (χ1n) is 12.6. The Labute approximate surface area is 207 Å². The number of para-hydroxylation sites is 1. The summed E-state index contributed by atoms with van der Waals surface area (Å²) in [6.07, 6.45) is 8.24. The van der Waals surface area contributed by atoms with Gasteiger partial charge in [0.2, 0.25) is 5.95 Å². The van der Waals surface area contributed by atoms with Crippen molar-refractivity contribution in [3.05, 3.63) is 65.9 Å². The minimum Gasteiger partial charge on any atom is -0.381 e. The van der Waals surface area contributed by atoms with Gasteiger partial charge in [-0.15, -0.1) is 0 Å². The minimum atomic E-state index is -0.0369. The first-order valence-corrected chi connectivity index (χ1v) is 12.6. The third kappa shape index (κ3) is 4.86. The molecule has 2 aromatic carbocycles. The Kier molecular flexibility index (Phi) is 6.95. The van der Waals surface area contributed by atoms with E-state index in [2.05, 4.69) is 34.3 Å². The van der Waals surface area contributed by atoms with Crippen molar-refractivity contribution < 1.29 is 9.53 Å². The molecule has 7 heteroatoms. The summed E-state index contributed by atoms with van der Waals surface area (Å²) in [6, 6.07) is 16.5. The molecule has 0 saturated heterocycles. The highest BCUT2D eigenvalue weighted by Gasteiger charge is 2.35. The minimum absolute atomic E-state index is 0.0369. The van der Waals surface area contributed by atoms with Gasteiger partial charge in [0.05, 0.1) is 24.1 Å². The van der Waals surface area contributed by atoms with Gasteiger partial charge in [-0.25, -0.2) is 4.98 Å². The van der Waals surface area contributed by atoms with Crippen LogP contribution in [0.2, 0.25) is 0 Å². The SMILES string of the molecule is CCCOCCc1ccc(Nc2ncc3c(n2)N(C2CCCC2)c2ccccc2C(=O)N3C)cc1. The largest absolute Gasteiger partial charge is 0.381 e. The number of carbonyl (C=O) groups excluding carboxylic acids is 1. The molecule has 1 aromatic heterocycles. The van der Waals surface area contributed by atoms with E-state index in [0.29, 0.717) is 17.6 Å². The van der Waals surface area contributed by atoms with Crippen molar-refractivity contribution in [3.8, 4) is 0 Å². The maximum Gasteiger partial charge on any atom is 0.260 e. The van der Waals surface area contributed by atoms with E-state index in [1.807, 2.05) is 36.4 Å². The summed E-state index contributed by atoms with van der Waals surface area (Å²) < 4.78 is 5.60. The molecule has 1 amide bonds. The molecule has 2 heterocycles. The molecular weight excluding hydrogens is 438 g/mol. The number of ether oxygens (including phenoxy) is 1. The normalized spacial score (nSPS) is 15.7. The van der Waals surface area contributed by atoms with E-state index in [9.17, 15) is 4.79 Å². The van der Waals surface area contributed by atoms with Crippen molar-refractivity contribution in [1.29, 1.82) is 0 Å². The molecule has 0 radical (unpaired) electrons. The molecule has 1 saturated carbocycles. The number of rotatable bonds is 8. The van der Waals surface area contributed by atoms with Crippen LogP contribution in [0.3, 0.4) is 0 Å². The van der Waals surface area contributed by atoms with Gasteiger partial charge < -0.3 is 19.9 Å². The maximum absolute atomic E-state index is 13.3. The molecule has 35 heavy (non-hydrogen) atoms. The third-order valence-corrected chi connectivity index (χ3v) is 6.82. The first kappa shape index (κ1) is 23.3. The summed E-state index contributed by atoms with van der Waals surface area (Å²) in [6.45, 7) is 3.66. The van der Waals surface area contributed by atoms with Gasteiger partial charge in [-0.05, 0) is 55.5 Å². The van der Waals surface area contributed by atoms with Crippen LogP contribution in [0.1, 0.15) is 54.9 Å². The Morgan fingerprint density at radius 1 is 1.03 bits per heavy atom. The van der Waals surface area contributed by atoms with Crippen LogP contribution in [0.5, 0.6) is 0 Å². The average molecular weight is 472 g/mol. The fourth-order valence-electron chi connectivity index (χ4n) is 4.96. The molecule has 0 unspecified atom stereocenters. The number of hydrogen-bond acceptors (Lipinski definition) is 6. The van der Waals surface area contributed by atoms with Crippen LogP contribution in [0, 0.1) is 0 Å². The van der Waals surface area contributed by atoms with Gasteiger partial charge in [0.1, 0.15) is 5.69 Å². The zero-order valence-corrected chi connectivity index (χ0v) is 20.5. The van der Waals surface area contributed by atoms with Gasteiger partial charge in [-0.2, -0.15) is 4.98 Å². The fourth-order valence-corrected chi connectivity index (χ4v) is 4.96. The molecular formula is C28H33N5O2. The van der Waals surface area contributed by atoms with Gasteiger partial charge in [0, 0.05) is 25.4 Å². The predicted molar refractivity (Wildman–Crippen MR) is 140 cm³/mol. The second kappa shape index (κ2) is 10.4. The van der Waals surface area contributed by atoms with Crippen molar-refractivity contribution in [2.45, 2.75) is 51.5 Å². The molecule has 1 aliphatic carbocycles. The summed E-state index contributed by atoms with van der Waals surface area (Å²) in [7, 11) is 1.80. The quantitative estimate of drug-likeness (QED) is 0.415. The fraction of sp³-hybridized carbons (Fsp3) is 0.393. The van der Waals surface area contributed by atoms with Gasteiger partial charge in [0.15, 0.2) is 5.82 Å². The summed E-state index contributed by atoms with van der Waals surface area (Å²) in [5, 5.41) is 3.36. The zero-order valence-electron chi connectivity index (χ0n) is 20.5. The van der Waals surface area contributed by atoms with Crippen molar-refractivity contribution in [3.63, 3.8) is 0 Å². The van der Waals surface area contributed by atoms with Crippen LogP contribution >= 0.6 is 0 Å². The molecule has 3 aromatic rings. The number of hydrogen-bond donors (Lipinski definition) is 1. The summed E-state index contributed by atoms with van der Waals surface area (Å²) >= 11 is 0. The Morgan fingerprint density at radius 3 is 2.57 bits per heavy atom. The molecule has 1 fully saturated rings. The monoisotopic (exact) mass is 471 g/mol. The van der Waals surface area contributed by atoms with Crippen LogP contribution in [0.25, 0.3) is 0 Å². The molecule has 1 aliphatic heterocycles. The molecule has 0 spiro atoms. The van der Waals surface area contributed by atoms with E-state index in [0.717, 1.165) is 61.8 Å². The van der Waals surface area contributed by atoms with Crippen molar-refractivity contribution in [2.75, 3.05) is 35.4 Å².